The lowest BCUT2D eigenvalue weighted by Gasteiger charge is -2.32. The van der Waals surface area contributed by atoms with Crippen LogP contribution in [0, 0.1) is 13.8 Å². The number of ether oxygens (including phenoxy) is 2. The van der Waals surface area contributed by atoms with Gasteiger partial charge in [0.15, 0.2) is 17.5 Å². The van der Waals surface area contributed by atoms with Crippen LogP contribution in [0.1, 0.15) is 59.8 Å². The van der Waals surface area contributed by atoms with Crippen molar-refractivity contribution in [1.29, 1.82) is 0 Å². The van der Waals surface area contributed by atoms with E-state index in [9.17, 15) is 13.2 Å². The molecule has 0 aliphatic carbocycles. The van der Waals surface area contributed by atoms with E-state index >= 15 is 0 Å². The molecule has 3 aliphatic heterocycles. The number of aromatic nitrogens is 10. The summed E-state index contributed by atoms with van der Waals surface area (Å²) in [6.45, 7) is 17.2. The van der Waals surface area contributed by atoms with Gasteiger partial charge in [0.1, 0.15) is 22.6 Å². The minimum atomic E-state index is -4.66. The van der Waals surface area contributed by atoms with Gasteiger partial charge in [0.05, 0.1) is 48.9 Å². The number of aryl methyl sites for hydroxylation is 2. The maximum Gasteiger partial charge on any atom is 0.498 e. The Hall–Kier alpha value is -5.71. The molecule has 6 aromatic rings. The first-order valence-electron chi connectivity index (χ1n) is 19.0. The van der Waals surface area contributed by atoms with Gasteiger partial charge in [0.25, 0.3) is 0 Å². The lowest BCUT2D eigenvalue weighted by atomic mass is 9.78. The van der Waals surface area contributed by atoms with Gasteiger partial charge >= 0.3 is 13.3 Å². The number of alkyl halides is 3. The van der Waals surface area contributed by atoms with Crippen LogP contribution >= 0.6 is 0 Å². The van der Waals surface area contributed by atoms with Gasteiger partial charge in [-0.2, -0.15) is 18.3 Å². The minimum absolute atomic E-state index is 0. The van der Waals surface area contributed by atoms with Gasteiger partial charge in [-0.3, -0.25) is 0 Å². The molecule has 3 fully saturated rings. The first-order valence-corrected chi connectivity index (χ1v) is 19.0. The van der Waals surface area contributed by atoms with Crippen molar-refractivity contribution in [3.8, 4) is 11.4 Å². The molecule has 0 unspecified atom stereocenters. The van der Waals surface area contributed by atoms with Crippen LogP contribution in [-0.4, -0.2) is 120 Å². The second kappa shape index (κ2) is 18.5. The second-order valence-electron chi connectivity index (χ2n) is 15.0. The van der Waals surface area contributed by atoms with E-state index in [1.807, 2.05) is 59.5 Å². The molecule has 0 spiro atoms. The summed E-state index contributed by atoms with van der Waals surface area (Å²) in [5.74, 6) is 3.11. The standard InChI is InChI=1S/C15H17N7O.C11H15BF3N3O2.C11H14N4O.2CH4/c1-10-11(9-17-15(16)18-10)13-19-14(21-5-7-23-8-6-21)12-3-2-4-22(12)20-13;1-9(2)10(3,4)20-12(19-9)6-5-17-8(16)18-7(6)11(13,14)15;1-9-12-11(14-5-7-16-8-6-14)10-3-2-4-15(10)13-9;;/h2-4,9H,5-8H2,1H3,(H2,16,17,18);5H,1-4H3,(H2,16,17,18);2-4H,5-8H2,1H3;2*1H4. The maximum atomic E-state index is 13.0. The summed E-state index contributed by atoms with van der Waals surface area (Å²) < 4.78 is 64.7. The van der Waals surface area contributed by atoms with Gasteiger partial charge in [-0.05, 0) is 65.8 Å². The molecule has 328 valence electrons. The minimum Gasteiger partial charge on any atom is -0.399 e. The molecule has 4 N–H and O–H groups in total. The van der Waals surface area contributed by atoms with E-state index in [1.54, 1.807) is 33.9 Å². The zero-order valence-corrected chi connectivity index (χ0v) is 33.6. The van der Waals surface area contributed by atoms with Crippen molar-refractivity contribution >= 4 is 47.1 Å². The smallest absolute Gasteiger partial charge is 0.399 e. The molecule has 0 bridgehead atoms. The van der Waals surface area contributed by atoms with Crippen LogP contribution in [0.25, 0.3) is 22.4 Å². The van der Waals surface area contributed by atoms with Crippen LogP contribution in [0.3, 0.4) is 0 Å². The van der Waals surface area contributed by atoms with Gasteiger partial charge in [0.2, 0.25) is 11.9 Å². The average Bonchev–Trinajstić information content (AvgIpc) is 3.92. The van der Waals surface area contributed by atoms with Gasteiger partial charge in [-0.15, -0.1) is 5.10 Å². The Labute approximate surface area is 353 Å². The Balaban J connectivity index is 0.000000173. The first kappa shape index (κ1) is 46.4. The molecule has 6 aromatic heterocycles. The molecule has 22 heteroatoms. The van der Waals surface area contributed by atoms with Crippen LogP contribution in [0.15, 0.2) is 49.1 Å². The zero-order chi connectivity index (χ0) is 42.1. The number of hydrogen-bond donors (Lipinski definition) is 2. The van der Waals surface area contributed by atoms with E-state index in [0.29, 0.717) is 19.0 Å². The van der Waals surface area contributed by atoms with Gasteiger partial charge in [-0.1, -0.05) is 14.9 Å². The summed E-state index contributed by atoms with van der Waals surface area (Å²) >= 11 is 0. The fourth-order valence-electron chi connectivity index (χ4n) is 6.55. The number of morpholine rings is 2. The SMILES string of the molecule is C.C.CC1(C)OB(c2cnc(N)nc2C(F)(F)F)OC1(C)C.Cc1nc(N)ncc1-c1nc(N2CCOCC2)c2cccn2n1.Cc1nc(N2CCOCC2)c2cccn2n1. The van der Waals surface area contributed by atoms with Crippen molar-refractivity contribution in [2.75, 3.05) is 73.9 Å². The topological polar surface area (TPSA) is 207 Å². The van der Waals surface area contributed by atoms with E-state index in [0.717, 1.165) is 85.3 Å². The molecule has 3 saturated heterocycles. The van der Waals surface area contributed by atoms with E-state index in [2.05, 4.69) is 44.9 Å². The molecule has 0 atom stereocenters. The molecule has 9 heterocycles. The van der Waals surface area contributed by atoms with Crippen molar-refractivity contribution in [2.24, 2.45) is 0 Å². The Morgan fingerprint density at radius 2 is 1.18 bits per heavy atom. The molecule has 61 heavy (non-hydrogen) atoms. The van der Waals surface area contributed by atoms with E-state index in [-0.39, 0.29) is 26.3 Å². The molecule has 18 nitrogen and oxygen atoms in total. The highest BCUT2D eigenvalue weighted by atomic mass is 19.4. The lowest BCUT2D eigenvalue weighted by molar-refractivity contribution is -0.140. The van der Waals surface area contributed by atoms with Crippen LogP contribution in [0.4, 0.5) is 36.7 Å². The van der Waals surface area contributed by atoms with Crippen molar-refractivity contribution in [1.82, 2.24) is 49.1 Å². The van der Waals surface area contributed by atoms with Crippen LogP contribution in [0.2, 0.25) is 0 Å². The zero-order valence-electron chi connectivity index (χ0n) is 33.6. The largest absolute Gasteiger partial charge is 0.498 e. The van der Waals surface area contributed by atoms with Crippen LogP contribution in [0.5, 0.6) is 0 Å². The van der Waals surface area contributed by atoms with E-state index in [4.69, 9.17) is 35.2 Å². The predicted molar refractivity (Wildman–Crippen MR) is 228 cm³/mol. The van der Waals surface area contributed by atoms with Gasteiger partial charge in [-0.25, -0.2) is 38.9 Å². The van der Waals surface area contributed by atoms with E-state index in [1.165, 1.54) is 0 Å². The molecular formula is C39H54BF3N14O4. The molecule has 0 radical (unpaired) electrons. The third-order valence-corrected chi connectivity index (χ3v) is 10.3. The van der Waals surface area contributed by atoms with Crippen molar-refractivity contribution in [2.45, 2.75) is 73.8 Å². The molecule has 3 aliphatic rings. The fourth-order valence-corrected chi connectivity index (χ4v) is 6.55. The highest BCUT2D eigenvalue weighted by molar-refractivity contribution is 6.62. The van der Waals surface area contributed by atoms with Crippen LogP contribution in [-0.2, 0) is 25.0 Å². The van der Waals surface area contributed by atoms with E-state index < -0.39 is 36.1 Å². The predicted octanol–water partition coefficient (Wildman–Crippen LogP) is 4.44. The highest BCUT2D eigenvalue weighted by Crippen LogP contribution is 2.38. The van der Waals surface area contributed by atoms with Crippen molar-refractivity contribution < 1.29 is 32.0 Å². The van der Waals surface area contributed by atoms with Gasteiger partial charge in [0, 0.05) is 56.4 Å². The highest BCUT2D eigenvalue weighted by Gasteiger charge is 2.54. The number of nitrogens with two attached hydrogens (primary N) is 2. The fraction of sp³-hybridized carbons (Fsp3) is 0.487. The number of fused-ring (bicyclic) bond motifs is 2. The number of nitrogens with zero attached hydrogens (tertiary/aromatic N) is 12. The number of anilines is 4. The molecule has 9 rings (SSSR count). The number of hydrogen-bond acceptors (Lipinski definition) is 16. The van der Waals surface area contributed by atoms with Crippen molar-refractivity contribution in [3.63, 3.8) is 0 Å². The first-order chi connectivity index (χ1) is 28.0. The quantitative estimate of drug-likeness (QED) is 0.235. The number of nitrogen functional groups attached to an aromatic ring is 2. The molecule has 0 saturated carbocycles. The third kappa shape index (κ3) is 10.1. The lowest BCUT2D eigenvalue weighted by Crippen LogP contribution is -2.41. The van der Waals surface area contributed by atoms with Gasteiger partial charge < -0.3 is 40.0 Å². The molecule has 0 aromatic carbocycles. The third-order valence-electron chi connectivity index (χ3n) is 10.3. The Morgan fingerprint density at radius 1 is 0.689 bits per heavy atom. The Kier molecular flexibility index (Phi) is 14.1. The molecule has 0 amide bonds. The Bertz CT molecular complexity index is 2400. The summed E-state index contributed by atoms with van der Waals surface area (Å²) in [4.78, 5) is 28.9. The normalized spacial score (nSPS) is 17.2. The summed E-state index contributed by atoms with van der Waals surface area (Å²) in [6, 6.07) is 8.02. The summed E-state index contributed by atoms with van der Waals surface area (Å²) in [5, 5.41) is 8.92. The number of halogens is 3. The summed E-state index contributed by atoms with van der Waals surface area (Å²) in [7, 11) is -1.18. The maximum absolute atomic E-state index is 13.0. The molecular weight excluding hydrogens is 796 g/mol. The average molecular weight is 851 g/mol. The summed E-state index contributed by atoms with van der Waals surface area (Å²) in [6.07, 6.45) is 1.88. The second-order valence-corrected chi connectivity index (χ2v) is 15.0. The summed E-state index contributed by atoms with van der Waals surface area (Å²) in [5.41, 5.74) is 11.5. The monoisotopic (exact) mass is 850 g/mol. The number of rotatable bonds is 4. The van der Waals surface area contributed by atoms with Crippen molar-refractivity contribution in [3.05, 3.63) is 66.3 Å². The van der Waals surface area contributed by atoms with Crippen LogP contribution < -0.4 is 26.7 Å². The Morgan fingerprint density at radius 3 is 1.70 bits per heavy atom.